The summed E-state index contributed by atoms with van der Waals surface area (Å²) in [7, 11) is 2.65. The molecule has 29 heavy (non-hydrogen) atoms. The first kappa shape index (κ1) is 25.0. The van der Waals surface area contributed by atoms with Gasteiger partial charge in [-0.15, -0.1) is 50.6 Å². The van der Waals surface area contributed by atoms with Crippen molar-refractivity contribution in [2.24, 2.45) is 0 Å². The summed E-state index contributed by atoms with van der Waals surface area (Å²) in [5.41, 5.74) is 0. The van der Waals surface area contributed by atoms with Crippen LogP contribution in [0.3, 0.4) is 0 Å². The Kier molecular flexibility index (Phi) is 10.0. The minimum absolute atomic E-state index is 0.543. The van der Waals surface area contributed by atoms with Gasteiger partial charge in [-0.3, -0.25) is 0 Å². The van der Waals surface area contributed by atoms with Gasteiger partial charge in [0.25, 0.3) is 25.4 Å². The predicted molar refractivity (Wildman–Crippen MR) is 79.0 cm³/mol. The first-order valence-electron chi connectivity index (χ1n) is 7.00. The molecule has 0 amide bonds. The second-order valence-electron chi connectivity index (χ2n) is 5.10. The Balaban J connectivity index is 6.17. The molecular formula is C8H14N6O15. The van der Waals surface area contributed by atoms with E-state index >= 15 is 0 Å². The molecular weight excluding hydrogens is 420 g/mol. The van der Waals surface area contributed by atoms with Crippen LogP contribution in [0.25, 0.3) is 0 Å². The number of hydrogen-bond acceptors (Lipinski definition) is 16. The van der Waals surface area contributed by atoms with Crippen LogP contribution >= 0.6 is 0 Å². The summed E-state index contributed by atoms with van der Waals surface area (Å²) < 4.78 is 0. The zero-order valence-corrected chi connectivity index (χ0v) is 14.5. The third-order valence-corrected chi connectivity index (χ3v) is 2.80. The van der Waals surface area contributed by atoms with Crippen molar-refractivity contribution in [1.82, 2.24) is 4.90 Å². The molecule has 0 fully saturated rings. The van der Waals surface area contributed by atoms with Gasteiger partial charge in [-0.05, 0) is 14.1 Å². The van der Waals surface area contributed by atoms with E-state index in [2.05, 4.69) is 24.2 Å². The van der Waals surface area contributed by atoms with Gasteiger partial charge in [0.2, 0.25) is 0 Å². The summed E-state index contributed by atoms with van der Waals surface area (Å²) in [6, 6.07) is 0. The molecule has 0 aliphatic rings. The zero-order chi connectivity index (χ0) is 22.7. The molecule has 166 valence electrons. The van der Waals surface area contributed by atoms with Crippen molar-refractivity contribution in [3.63, 3.8) is 0 Å². The molecule has 21 nitrogen and oxygen atoms in total. The van der Waals surface area contributed by atoms with Gasteiger partial charge in [-0.2, -0.15) is 0 Å². The topological polar surface area (TPSA) is 265 Å². The fourth-order valence-corrected chi connectivity index (χ4v) is 1.98. The predicted octanol–water partition coefficient (Wildman–Crippen LogP) is -1.94. The molecule has 0 aliphatic carbocycles. The van der Waals surface area contributed by atoms with Crippen LogP contribution in [0.2, 0.25) is 0 Å². The van der Waals surface area contributed by atoms with Crippen LogP contribution in [0, 0.1) is 50.6 Å². The molecule has 4 atom stereocenters. The number of likely N-dealkylation sites (N-methyl/N-ethyl adjacent to an activating group) is 1. The van der Waals surface area contributed by atoms with Crippen molar-refractivity contribution in [1.29, 1.82) is 0 Å². The largest absolute Gasteiger partial charge is 0.311 e. The third kappa shape index (κ3) is 10.6. The highest BCUT2D eigenvalue weighted by molar-refractivity contribution is 4.85. The fourth-order valence-electron chi connectivity index (χ4n) is 1.98. The maximum Gasteiger partial charge on any atom is 0.294 e. The van der Waals surface area contributed by atoms with Gasteiger partial charge in [0.1, 0.15) is 12.7 Å². The molecule has 0 radical (unpaired) electrons. The van der Waals surface area contributed by atoms with E-state index in [1.807, 2.05) is 0 Å². The molecule has 0 aliphatic heterocycles. The maximum atomic E-state index is 10.8. The van der Waals surface area contributed by atoms with E-state index in [9.17, 15) is 50.6 Å². The van der Waals surface area contributed by atoms with E-state index in [1.165, 1.54) is 19.0 Å². The van der Waals surface area contributed by atoms with Crippen LogP contribution in [-0.2, 0) is 24.2 Å². The van der Waals surface area contributed by atoms with Crippen molar-refractivity contribution in [2.75, 3.05) is 27.2 Å². The van der Waals surface area contributed by atoms with Gasteiger partial charge >= 0.3 is 0 Å². The Morgan fingerprint density at radius 3 is 1.38 bits per heavy atom. The van der Waals surface area contributed by atoms with Gasteiger partial charge < -0.3 is 29.1 Å². The quantitative estimate of drug-likeness (QED) is 0.189. The van der Waals surface area contributed by atoms with Crippen LogP contribution in [0.15, 0.2) is 0 Å². The van der Waals surface area contributed by atoms with Crippen molar-refractivity contribution < 1.29 is 49.6 Å². The molecule has 0 aromatic carbocycles. The molecule has 0 bridgehead atoms. The summed E-state index contributed by atoms with van der Waals surface area (Å²) in [4.78, 5) is 74.7. The lowest BCUT2D eigenvalue weighted by Crippen LogP contribution is -2.55. The van der Waals surface area contributed by atoms with Gasteiger partial charge in [0.05, 0.1) is 0 Å². The molecule has 0 spiro atoms. The van der Waals surface area contributed by atoms with E-state index < -0.39 is 63.0 Å². The average molecular weight is 434 g/mol. The third-order valence-electron chi connectivity index (χ3n) is 2.80. The van der Waals surface area contributed by atoms with E-state index in [-0.39, 0.29) is 0 Å². The highest BCUT2D eigenvalue weighted by atomic mass is 17.0. The van der Waals surface area contributed by atoms with Gasteiger partial charge in [-0.25, -0.2) is 0 Å². The summed E-state index contributed by atoms with van der Waals surface area (Å²) >= 11 is 0. The van der Waals surface area contributed by atoms with Crippen molar-refractivity contribution in [3.05, 3.63) is 50.6 Å². The Morgan fingerprint density at radius 2 is 1.03 bits per heavy atom. The van der Waals surface area contributed by atoms with Crippen molar-refractivity contribution >= 4 is 0 Å². The monoisotopic (exact) mass is 434 g/mol. The normalized spacial score (nSPS) is 14.6. The maximum absolute atomic E-state index is 10.8. The Bertz CT molecular complexity index is 614. The molecule has 0 saturated carbocycles. The lowest BCUT2D eigenvalue weighted by atomic mass is 10.0. The standard InChI is InChI=1S/C8H14N6O15/c1-9(2)3-5(26-11(17)18)7(28-13(21)22)8(29-14(23)24)6(27-12(19)20)4-25-10(15)16/h5-8H,3-4H2,1-2H3/t5-,6-,7-,8-/m1/s1. The Hall–Kier alpha value is -4.04. The van der Waals surface area contributed by atoms with Crippen LogP contribution < -0.4 is 0 Å². The van der Waals surface area contributed by atoms with E-state index in [1.54, 1.807) is 0 Å². The highest BCUT2D eigenvalue weighted by Gasteiger charge is 2.45. The summed E-state index contributed by atoms with van der Waals surface area (Å²) in [5, 5.41) is 45.7. The Morgan fingerprint density at radius 1 is 0.655 bits per heavy atom. The smallest absolute Gasteiger partial charge is 0.294 e. The van der Waals surface area contributed by atoms with Gasteiger partial charge in [0, 0.05) is 6.54 Å². The number of nitrogens with zero attached hydrogens (tertiary/aromatic N) is 6. The Labute approximate surface area is 158 Å². The van der Waals surface area contributed by atoms with Crippen LogP contribution in [0.1, 0.15) is 0 Å². The van der Waals surface area contributed by atoms with Crippen LogP contribution in [0.4, 0.5) is 0 Å². The van der Waals surface area contributed by atoms with Crippen molar-refractivity contribution in [3.8, 4) is 0 Å². The molecule has 0 N–H and O–H groups in total. The van der Waals surface area contributed by atoms with Gasteiger partial charge in [-0.1, -0.05) is 0 Å². The molecule has 0 saturated heterocycles. The second-order valence-corrected chi connectivity index (χ2v) is 5.10. The minimum atomic E-state index is -2.51. The van der Waals surface area contributed by atoms with E-state index in [0.29, 0.717) is 0 Å². The van der Waals surface area contributed by atoms with E-state index in [4.69, 9.17) is 0 Å². The fraction of sp³-hybridized carbons (Fsp3) is 1.00. The second kappa shape index (κ2) is 11.6. The van der Waals surface area contributed by atoms with Gasteiger partial charge in [0.15, 0.2) is 18.3 Å². The number of hydrogen-bond donors (Lipinski definition) is 0. The van der Waals surface area contributed by atoms with Crippen molar-refractivity contribution in [2.45, 2.75) is 24.4 Å². The van der Waals surface area contributed by atoms with Crippen LogP contribution in [-0.4, -0.2) is 82.0 Å². The highest BCUT2D eigenvalue weighted by Crippen LogP contribution is 2.20. The first-order valence-corrected chi connectivity index (χ1v) is 7.00. The van der Waals surface area contributed by atoms with Crippen LogP contribution in [0.5, 0.6) is 0 Å². The molecule has 0 unspecified atom stereocenters. The number of rotatable bonds is 16. The summed E-state index contributed by atoms with van der Waals surface area (Å²) in [6.07, 6.45) is -9.27. The lowest BCUT2D eigenvalue weighted by molar-refractivity contribution is -0.831. The zero-order valence-electron chi connectivity index (χ0n) is 14.5. The minimum Gasteiger partial charge on any atom is -0.311 e. The summed E-state index contributed by atoms with van der Waals surface area (Å²) in [5.74, 6) is 0. The molecule has 0 heterocycles. The first-order chi connectivity index (χ1) is 13.3. The molecule has 0 rings (SSSR count). The average Bonchev–Trinajstić information content (AvgIpc) is 2.52. The van der Waals surface area contributed by atoms with E-state index in [0.717, 1.165) is 0 Å². The molecule has 0 aromatic rings. The SMILES string of the molecule is CN(C)C[C@@H](O[N+](=O)[O-])[C@@H](O[N+](=O)[O-])[C@H](O[N+](=O)[O-])[C@@H](CO[N+](=O)[O-])O[N+](=O)[O-]. The molecule has 0 aromatic heterocycles. The molecule has 21 heteroatoms. The lowest BCUT2D eigenvalue weighted by Gasteiger charge is -2.33. The summed E-state index contributed by atoms with van der Waals surface area (Å²) in [6.45, 7) is -1.93.